The molecule has 1 aliphatic carbocycles. The molecule has 0 aliphatic heterocycles. The van der Waals surface area contributed by atoms with E-state index in [4.69, 9.17) is 10.2 Å². The van der Waals surface area contributed by atoms with Crippen LogP contribution in [0.1, 0.15) is 33.1 Å². The number of carbonyl (C=O) groups is 4. The maximum Gasteiger partial charge on any atom is 0.329 e. The van der Waals surface area contributed by atoms with Crippen LogP contribution in [0.5, 0.6) is 0 Å². The van der Waals surface area contributed by atoms with Crippen LogP contribution >= 0.6 is 0 Å². The quantitative estimate of drug-likeness (QED) is 0.561. The van der Waals surface area contributed by atoms with Gasteiger partial charge in [0.1, 0.15) is 17.5 Å². The van der Waals surface area contributed by atoms with E-state index in [9.17, 15) is 19.2 Å². The minimum atomic E-state index is -1.48. The predicted octanol–water partition coefficient (Wildman–Crippen LogP) is 0.559. The van der Waals surface area contributed by atoms with Crippen molar-refractivity contribution in [3.8, 4) is 0 Å². The maximum atomic E-state index is 11.8. The Balaban J connectivity index is 2.82. The topological polar surface area (TPSA) is 121 Å². The molecule has 1 atom stereocenters. The van der Waals surface area contributed by atoms with E-state index in [1.807, 2.05) is 0 Å². The molecule has 2 N–H and O–H groups in total. The number of carboxylic acid groups (broad SMARTS) is 2. The molecule has 7 heteroatoms. The number of carboxylic acids is 2. The summed E-state index contributed by atoms with van der Waals surface area (Å²) in [4.78, 5) is 48.6. The van der Waals surface area contributed by atoms with Gasteiger partial charge in [-0.2, -0.15) is 0 Å². The van der Waals surface area contributed by atoms with Crippen LogP contribution in [0.4, 0.5) is 0 Å². The van der Waals surface area contributed by atoms with Gasteiger partial charge in [-0.15, -0.1) is 0 Å². The Bertz CT molecular complexity index is 459. The lowest BCUT2D eigenvalue weighted by molar-refractivity contribution is -0.144. The SMILES string of the molecule is CC1(C)CC(=O)C(C=N[C@H](CC(=O)O)C(=O)O)C(=O)C1. The predicted molar refractivity (Wildman–Crippen MR) is 68.7 cm³/mol. The zero-order valence-corrected chi connectivity index (χ0v) is 11.3. The molecule has 110 valence electrons. The Labute approximate surface area is 115 Å². The highest BCUT2D eigenvalue weighted by atomic mass is 16.4. The van der Waals surface area contributed by atoms with Crippen molar-refractivity contribution in [2.24, 2.45) is 16.3 Å². The summed E-state index contributed by atoms with van der Waals surface area (Å²) >= 11 is 0. The van der Waals surface area contributed by atoms with Crippen LogP contribution in [0.25, 0.3) is 0 Å². The fourth-order valence-corrected chi connectivity index (χ4v) is 2.13. The molecule has 20 heavy (non-hydrogen) atoms. The van der Waals surface area contributed by atoms with Gasteiger partial charge in [-0.3, -0.25) is 19.4 Å². The van der Waals surface area contributed by atoms with Gasteiger partial charge in [0.15, 0.2) is 6.04 Å². The molecule has 0 radical (unpaired) electrons. The molecule has 1 aliphatic rings. The summed E-state index contributed by atoms with van der Waals surface area (Å²) in [5, 5.41) is 17.4. The van der Waals surface area contributed by atoms with E-state index < -0.39 is 35.7 Å². The number of carbonyl (C=O) groups excluding carboxylic acids is 2. The molecule has 0 unspecified atom stereocenters. The molecule has 0 bridgehead atoms. The van der Waals surface area contributed by atoms with Crippen molar-refractivity contribution >= 4 is 29.7 Å². The standard InChI is InChI=1S/C13H17NO6/c1-13(2)4-9(15)7(10(16)5-13)6-14-8(12(19)20)3-11(17)18/h6-8H,3-5H2,1-2H3,(H,17,18)(H,19,20)/t8-/m1/s1. The molecule has 1 fully saturated rings. The zero-order valence-electron chi connectivity index (χ0n) is 11.3. The number of hydrogen-bond donors (Lipinski definition) is 2. The van der Waals surface area contributed by atoms with Crippen molar-refractivity contribution in [1.29, 1.82) is 0 Å². The van der Waals surface area contributed by atoms with Gasteiger partial charge in [0.2, 0.25) is 0 Å². The van der Waals surface area contributed by atoms with Crippen LogP contribution in [0.3, 0.4) is 0 Å². The van der Waals surface area contributed by atoms with Gasteiger partial charge in [-0.25, -0.2) is 4.79 Å². The van der Waals surface area contributed by atoms with Crippen molar-refractivity contribution < 1.29 is 29.4 Å². The van der Waals surface area contributed by atoms with Gasteiger partial charge in [0.05, 0.1) is 6.42 Å². The lowest BCUT2D eigenvalue weighted by atomic mass is 9.72. The van der Waals surface area contributed by atoms with Crippen LogP contribution in [0.2, 0.25) is 0 Å². The van der Waals surface area contributed by atoms with Crippen molar-refractivity contribution in [2.75, 3.05) is 0 Å². The molecule has 0 aromatic carbocycles. The first-order chi connectivity index (χ1) is 9.12. The third kappa shape index (κ3) is 4.25. The monoisotopic (exact) mass is 283 g/mol. The number of Topliss-reactive ketones (excluding diaryl/α,β-unsaturated/α-hetero) is 2. The lowest BCUT2D eigenvalue weighted by Crippen LogP contribution is -2.38. The van der Waals surface area contributed by atoms with Gasteiger partial charge in [-0.05, 0) is 5.41 Å². The van der Waals surface area contributed by atoms with E-state index in [1.54, 1.807) is 13.8 Å². The van der Waals surface area contributed by atoms with E-state index in [0.717, 1.165) is 6.21 Å². The van der Waals surface area contributed by atoms with Gasteiger partial charge >= 0.3 is 11.9 Å². The normalized spacial score (nSPS) is 21.1. The van der Waals surface area contributed by atoms with Crippen LogP contribution in [0, 0.1) is 11.3 Å². The van der Waals surface area contributed by atoms with Crippen LogP contribution < -0.4 is 0 Å². The second-order valence-corrected chi connectivity index (χ2v) is 5.68. The number of rotatable bonds is 5. The first-order valence-electron chi connectivity index (χ1n) is 6.16. The average Bonchev–Trinajstić information content (AvgIpc) is 2.23. The Hall–Kier alpha value is -2.05. The summed E-state index contributed by atoms with van der Waals surface area (Å²) in [5.41, 5.74) is -0.397. The van der Waals surface area contributed by atoms with Gasteiger partial charge < -0.3 is 10.2 Å². The molecule has 0 heterocycles. The Morgan fingerprint density at radius 3 is 2.20 bits per heavy atom. The van der Waals surface area contributed by atoms with Crippen molar-refractivity contribution in [1.82, 2.24) is 0 Å². The molecule has 0 spiro atoms. The summed E-state index contributed by atoms with van der Waals surface area (Å²) in [6.45, 7) is 3.61. The molecule has 0 aromatic rings. The number of aliphatic carboxylic acids is 2. The highest BCUT2D eigenvalue weighted by molar-refractivity contribution is 6.16. The second kappa shape index (κ2) is 5.94. The van der Waals surface area contributed by atoms with Crippen LogP contribution in [-0.4, -0.2) is 46.0 Å². The van der Waals surface area contributed by atoms with Crippen molar-refractivity contribution in [2.45, 2.75) is 39.2 Å². The largest absolute Gasteiger partial charge is 0.481 e. The first kappa shape index (κ1) is 16.0. The first-order valence-corrected chi connectivity index (χ1v) is 6.16. The fraction of sp³-hybridized carbons (Fsp3) is 0.615. The minimum absolute atomic E-state index is 0.214. The molecular weight excluding hydrogens is 266 g/mol. The van der Waals surface area contributed by atoms with Gasteiger partial charge in [-0.1, -0.05) is 13.8 Å². The number of aliphatic imine (C=N–C) groups is 1. The molecule has 7 nitrogen and oxygen atoms in total. The Morgan fingerprint density at radius 1 is 1.30 bits per heavy atom. The molecular formula is C13H17NO6. The molecule has 1 rings (SSSR count). The van der Waals surface area contributed by atoms with Crippen molar-refractivity contribution in [3.05, 3.63) is 0 Å². The lowest BCUT2D eigenvalue weighted by Gasteiger charge is -2.30. The zero-order chi connectivity index (χ0) is 15.5. The summed E-state index contributed by atoms with van der Waals surface area (Å²) in [6.07, 6.45) is 0.728. The summed E-state index contributed by atoms with van der Waals surface area (Å²) in [5.74, 6) is -4.39. The highest BCUT2D eigenvalue weighted by Crippen LogP contribution is 2.33. The van der Waals surface area contributed by atoms with E-state index in [1.165, 1.54) is 0 Å². The summed E-state index contributed by atoms with van der Waals surface area (Å²) in [6, 6.07) is -1.48. The molecule has 1 saturated carbocycles. The van der Waals surface area contributed by atoms with E-state index in [0.29, 0.717) is 0 Å². The third-order valence-electron chi connectivity index (χ3n) is 3.07. The minimum Gasteiger partial charge on any atom is -0.481 e. The summed E-state index contributed by atoms with van der Waals surface area (Å²) < 4.78 is 0. The van der Waals surface area contributed by atoms with Crippen LogP contribution in [0.15, 0.2) is 4.99 Å². The fourth-order valence-electron chi connectivity index (χ4n) is 2.13. The van der Waals surface area contributed by atoms with Crippen molar-refractivity contribution in [3.63, 3.8) is 0 Å². The smallest absolute Gasteiger partial charge is 0.329 e. The van der Waals surface area contributed by atoms with E-state index >= 15 is 0 Å². The molecule has 0 amide bonds. The highest BCUT2D eigenvalue weighted by Gasteiger charge is 2.38. The van der Waals surface area contributed by atoms with E-state index in [2.05, 4.69) is 4.99 Å². The molecule has 0 aromatic heterocycles. The molecule has 0 saturated heterocycles. The number of ketones is 2. The van der Waals surface area contributed by atoms with Gasteiger partial charge in [0.25, 0.3) is 0 Å². The van der Waals surface area contributed by atoms with E-state index in [-0.39, 0.29) is 24.4 Å². The average molecular weight is 283 g/mol. The number of nitrogens with zero attached hydrogens (tertiary/aromatic N) is 1. The second-order valence-electron chi connectivity index (χ2n) is 5.68. The number of hydrogen-bond acceptors (Lipinski definition) is 5. The third-order valence-corrected chi connectivity index (χ3v) is 3.07. The Kier molecular flexibility index (Phi) is 4.75. The summed E-state index contributed by atoms with van der Waals surface area (Å²) in [7, 11) is 0. The maximum absolute atomic E-state index is 11.8. The Morgan fingerprint density at radius 2 is 1.80 bits per heavy atom. The van der Waals surface area contributed by atoms with Gasteiger partial charge in [0, 0.05) is 19.1 Å². The van der Waals surface area contributed by atoms with Crippen LogP contribution in [-0.2, 0) is 19.2 Å².